The molecule has 2 N–H and O–H groups in total. The van der Waals surface area contributed by atoms with Crippen LogP contribution in [0.25, 0.3) is 0 Å². The molecule has 0 saturated carbocycles. The van der Waals surface area contributed by atoms with Crippen molar-refractivity contribution in [3.8, 4) is 0 Å². The van der Waals surface area contributed by atoms with Gasteiger partial charge in [0.2, 0.25) is 0 Å². The van der Waals surface area contributed by atoms with Crippen LogP contribution < -0.4 is 10.6 Å². The molecule has 6 nitrogen and oxygen atoms in total. The Hall–Kier alpha value is -2.54. The second kappa shape index (κ2) is 10.4. The van der Waals surface area contributed by atoms with Crippen molar-refractivity contribution in [3.63, 3.8) is 0 Å². The van der Waals surface area contributed by atoms with Gasteiger partial charge in [-0.1, -0.05) is 30.3 Å². The molecule has 0 heterocycles. The van der Waals surface area contributed by atoms with Crippen LogP contribution in [0.5, 0.6) is 0 Å². The summed E-state index contributed by atoms with van der Waals surface area (Å²) >= 11 is 1.78. The van der Waals surface area contributed by atoms with Crippen molar-refractivity contribution in [3.05, 3.63) is 70.3 Å². The summed E-state index contributed by atoms with van der Waals surface area (Å²) in [7, 11) is 0. The molecule has 0 fully saturated rings. The number of rotatable bonds is 8. The van der Waals surface area contributed by atoms with E-state index in [1.807, 2.05) is 31.2 Å². The van der Waals surface area contributed by atoms with Crippen LogP contribution in [0.3, 0.4) is 0 Å². The summed E-state index contributed by atoms with van der Waals surface area (Å²) in [4.78, 5) is 16.2. The Balaban J connectivity index is 1.85. The number of non-ortho nitro benzene ring substituents is 1. The minimum Gasteiger partial charge on any atom is -0.357 e. The molecule has 0 amide bonds. The Morgan fingerprint density at radius 3 is 2.68 bits per heavy atom. The number of nitrogens with zero attached hydrogens (tertiary/aromatic N) is 2. The van der Waals surface area contributed by atoms with Gasteiger partial charge in [0.25, 0.3) is 5.69 Å². The Morgan fingerprint density at radius 2 is 1.96 bits per heavy atom. The van der Waals surface area contributed by atoms with Gasteiger partial charge in [-0.2, -0.15) is 0 Å². The van der Waals surface area contributed by atoms with Gasteiger partial charge < -0.3 is 10.6 Å². The van der Waals surface area contributed by atoms with E-state index in [2.05, 4.69) is 27.8 Å². The molecule has 2 rings (SSSR count). The minimum absolute atomic E-state index is 0.0879. The Labute approximate surface area is 151 Å². The highest BCUT2D eigenvalue weighted by molar-refractivity contribution is 7.99. The molecule has 0 aromatic heterocycles. The zero-order chi connectivity index (χ0) is 17.9. The standard InChI is InChI=1S/C18H22N4O2S/c1-2-19-18(20-11-12-25-17-9-4-3-5-10-17)21-14-15-7-6-8-16(13-15)22(23)24/h3-10,13H,2,11-12,14H2,1H3,(H2,19,20,21). The van der Waals surface area contributed by atoms with Crippen LogP contribution in [-0.4, -0.2) is 29.7 Å². The first-order valence-corrected chi connectivity index (χ1v) is 9.11. The summed E-state index contributed by atoms with van der Waals surface area (Å²) < 4.78 is 0. The largest absolute Gasteiger partial charge is 0.357 e. The van der Waals surface area contributed by atoms with Gasteiger partial charge in [0.15, 0.2) is 5.96 Å². The summed E-state index contributed by atoms with van der Waals surface area (Å²) in [5.41, 5.74) is 0.898. The summed E-state index contributed by atoms with van der Waals surface area (Å²) in [6.45, 7) is 3.93. The van der Waals surface area contributed by atoms with Crippen molar-refractivity contribution < 1.29 is 4.92 Å². The van der Waals surface area contributed by atoms with E-state index >= 15 is 0 Å². The predicted molar refractivity (Wildman–Crippen MR) is 103 cm³/mol. The van der Waals surface area contributed by atoms with E-state index in [1.54, 1.807) is 23.9 Å². The fraction of sp³-hybridized carbons (Fsp3) is 0.278. The molecule has 132 valence electrons. The number of guanidine groups is 1. The van der Waals surface area contributed by atoms with Crippen molar-refractivity contribution >= 4 is 23.4 Å². The number of nitro benzene ring substituents is 1. The normalized spacial score (nSPS) is 11.2. The zero-order valence-corrected chi connectivity index (χ0v) is 15.0. The number of thioether (sulfide) groups is 1. The zero-order valence-electron chi connectivity index (χ0n) is 14.1. The van der Waals surface area contributed by atoms with Crippen molar-refractivity contribution in [2.75, 3.05) is 18.8 Å². The van der Waals surface area contributed by atoms with Crippen LogP contribution in [0.1, 0.15) is 12.5 Å². The summed E-state index contributed by atoms with van der Waals surface area (Å²) in [5, 5.41) is 17.3. The maximum Gasteiger partial charge on any atom is 0.269 e. The van der Waals surface area contributed by atoms with Gasteiger partial charge in [-0.05, 0) is 24.6 Å². The molecule has 7 heteroatoms. The molecule has 0 atom stereocenters. The van der Waals surface area contributed by atoms with Gasteiger partial charge in [-0.25, -0.2) is 4.99 Å². The fourth-order valence-corrected chi connectivity index (χ4v) is 2.92. The Morgan fingerprint density at radius 1 is 1.16 bits per heavy atom. The molecule has 0 aliphatic carbocycles. The molecule has 0 bridgehead atoms. The molecule has 0 aliphatic rings. The lowest BCUT2D eigenvalue weighted by molar-refractivity contribution is -0.384. The van der Waals surface area contributed by atoms with E-state index in [9.17, 15) is 10.1 Å². The van der Waals surface area contributed by atoms with E-state index < -0.39 is 4.92 Å². The Bertz CT molecular complexity index is 707. The maximum absolute atomic E-state index is 10.8. The highest BCUT2D eigenvalue weighted by Gasteiger charge is 2.05. The first kappa shape index (κ1) is 18.8. The van der Waals surface area contributed by atoms with E-state index in [-0.39, 0.29) is 5.69 Å². The van der Waals surface area contributed by atoms with Gasteiger partial charge >= 0.3 is 0 Å². The van der Waals surface area contributed by atoms with E-state index in [4.69, 9.17) is 0 Å². The molecule has 0 spiro atoms. The maximum atomic E-state index is 10.8. The molecular weight excluding hydrogens is 336 g/mol. The minimum atomic E-state index is -0.391. The average Bonchev–Trinajstić information content (AvgIpc) is 2.64. The highest BCUT2D eigenvalue weighted by Crippen LogP contribution is 2.16. The molecule has 25 heavy (non-hydrogen) atoms. The number of benzene rings is 2. The van der Waals surface area contributed by atoms with E-state index in [1.165, 1.54) is 11.0 Å². The quantitative estimate of drug-likeness (QED) is 0.189. The van der Waals surface area contributed by atoms with Crippen molar-refractivity contribution in [2.45, 2.75) is 18.4 Å². The molecule has 0 aliphatic heterocycles. The highest BCUT2D eigenvalue weighted by atomic mass is 32.2. The lowest BCUT2D eigenvalue weighted by Gasteiger charge is -2.11. The van der Waals surface area contributed by atoms with Crippen molar-refractivity contribution in [1.82, 2.24) is 10.6 Å². The van der Waals surface area contributed by atoms with Crippen LogP contribution in [0.4, 0.5) is 5.69 Å². The third-order valence-corrected chi connectivity index (χ3v) is 4.31. The van der Waals surface area contributed by atoms with Crippen LogP contribution in [-0.2, 0) is 6.54 Å². The lowest BCUT2D eigenvalue weighted by Crippen LogP contribution is -2.38. The number of hydrogen-bond acceptors (Lipinski definition) is 4. The topological polar surface area (TPSA) is 79.6 Å². The second-order valence-electron chi connectivity index (χ2n) is 5.21. The molecule has 2 aromatic carbocycles. The number of nitro groups is 1. The van der Waals surface area contributed by atoms with Crippen LogP contribution in [0, 0.1) is 10.1 Å². The molecule has 2 aromatic rings. The van der Waals surface area contributed by atoms with Crippen molar-refractivity contribution in [1.29, 1.82) is 0 Å². The molecule has 0 saturated heterocycles. The van der Waals surface area contributed by atoms with Crippen molar-refractivity contribution in [2.24, 2.45) is 4.99 Å². The number of hydrogen-bond donors (Lipinski definition) is 2. The van der Waals surface area contributed by atoms with Gasteiger partial charge in [-0.15, -0.1) is 11.8 Å². The summed E-state index contributed by atoms with van der Waals surface area (Å²) in [6, 6.07) is 16.8. The molecule has 0 unspecified atom stereocenters. The van der Waals surface area contributed by atoms with Gasteiger partial charge in [0.1, 0.15) is 0 Å². The monoisotopic (exact) mass is 358 g/mol. The molecular formula is C18H22N4O2S. The average molecular weight is 358 g/mol. The Kier molecular flexibility index (Phi) is 7.78. The second-order valence-corrected chi connectivity index (χ2v) is 6.38. The third kappa shape index (κ3) is 6.84. The van der Waals surface area contributed by atoms with Gasteiger partial charge in [0.05, 0.1) is 11.5 Å². The summed E-state index contributed by atoms with van der Waals surface area (Å²) in [5.74, 6) is 1.63. The van der Waals surface area contributed by atoms with E-state index in [0.29, 0.717) is 12.5 Å². The van der Waals surface area contributed by atoms with Crippen LogP contribution >= 0.6 is 11.8 Å². The predicted octanol–water partition coefficient (Wildman–Crippen LogP) is 3.44. The van der Waals surface area contributed by atoms with Crippen LogP contribution in [0.2, 0.25) is 0 Å². The SMILES string of the molecule is CCNC(=NCc1cccc([N+](=O)[O-])c1)NCCSc1ccccc1. The van der Waals surface area contributed by atoms with Gasteiger partial charge in [0, 0.05) is 35.9 Å². The third-order valence-electron chi connectivity index (χ3n) is 3.29. The number of nitrogens with one attached hydrogen (secondary N) is 2. The smallest absolute Gasteiger partial charge is 0.269 e. The fourth-order valence-electron chi connectivity index (χ4n) is 2.14. The van der Waals surface area contributed by atoms with Crippen LogP contribution in [0.15, 0.2) is 64.5 Å². The number of aliphatic imine (C=N–C) groups is 1. The first-order chi connectivity index (χ1) is 12.2. The first-order valence-electron chi connectivity index (χ1n) is 8.12. The van der Waals surface area contributed by atoms with E-state index in [0.717, 1.165) is 24.4 Å². The molecule has 0 radical (unpaired) electrons. The van der Waals surface area contributed by atoms with Gasteiger partial charge in [-0.3, -0.25) is 10.1 Å². The lowest BCUT2D eigenvalue weighted by atomic mass is 10.2. The summed E-state index contributed by atoms with van der Waals surface area (Å²) in [6.07, 6.45) is 0.